The molecule has 5 nitrogen and oxygen atoms in total. The molecule has 5 heteroatoms. The number of fused-ring (bicyclic) bond motifs is 1. The zero-order valence-electron chi connectivity index (χ0n) is 11.7. The van der Waals surface area contributed by atoms with Gasteiger partial charge in [0, 0.05) is 12.6 Å². The van der Waals surface area contributed by atoms with Crippen molar-refractivity contribution in [1.29, 1.82) is 0 Å². The minimum atomic E-state index is -0.298. The van der Waals surface area contributed by atoms with E-state index in [1.54, 1.807) is 19.1 Å². The van der Waals surface area contributed by atoms with Crippen LogP contribution in [0.25, 0.3) is 0 Å². The zero-order valence-corrected chi connectivity index (χ0v) is 11.7. The van der Waals surface area contributed by atoms with Crippen LogP contribution in [0.3, 0.4) is 0 Å². The quantitative estimate of drug-likeness (QED) is 0.822. The molecule has 0 saturated carbocycles. The van der Waals surface area contributed by atoms with E-state index in [1.807, 2.05) is 19.1 Å². The highest BCUT2D eigenvalue weighted by Crippen LogP contribution is 2.34. The van der Waals surface area contributed by atoms with Crippen molar-refractivity contribution in [1.82, 2.24) is 4.90 Å². The third kappa shape index (κ3) is 2.45. The first kappa shape index (κ1) is 13.5. The molecule has 1 aliphatic rings. The molecular formula is C14H19NO4. The number of rotatable bonds is 2. The second-order valence-corrected chi connectivity index (χ2v) is 4.63. The second-order valence-electron chi connectivity index (χ2n) is 4.63. The average Bonchev–Trinajstić information content (AvgIpc) is 2.44. The number of benzene rings is 1. The first-order valence-corrected chi connectivity index (χ1v) is 6.19. The van der Waals surface area contributed by atoms with Crippen LogP contribution < -0.4 is 9.47 Å². The van der Waals surface area contributed by atoms with Gasteiger partial charge >= 0.3 is 6.09 Å². The Balaban J connectivity index is 2.36. The van der Waals surface area contributed by atoms with Crippen molar-refractivity contribution >= 4 is 6.09 Å². The van der Waals surface area contributed by atoms with E-state index in [2.05, 4.69) is 0 Å². The Kier molecular flexibility index (Phi) is 3.83. The number of ether oxygens (including phenoxy) is 3. The van der Waals surface area contributed by atoms with Gasteiger partial charge in [-0.3, -0.25) is 0 Å². The summed E-state index contributed by atoms with van der Waals surface area (Å²) in [6.45, 7) is 2.54. The third-order valence-electron chi connectivity index (χ3n) is 3.50. The van der Waals surface area contributed by atoms with Crippen LogP contribution in [0.5, 0.6) is 11.5 Å². The van der Waals surface area contributed by atoms with Crippen LogP contribution in [0.4, 0.5) is 4.79 Å². The van der Waals surface area contributed by atoms with E-state index >= 15 is 0 Å². The highest BCUT2D eigenvalue weighted by molar-refractivity contribution is 5.68. The first-order chi connectivity index (χ1) is 9.10. The van der Waals surface area contributed by atoms with Crippen LogP contribution >= 0.6 is 0 Å². The van der Waals surface area contributed by atoms with Crippen molar-refractivity contribution in [3.63, 3.8) is 0 Å². The monoisotopic (exact) mass is 265 g/mol. The van der Waals surface area contributed by atoms with Gasteiger partial charge in [0.05, 0.1) is 21.3 Å². The molecule has 0 aliphatic carbocycles. The van der Waals surface area contributed by atoms with Gasteiger partial charge in [-0.05, 0) is 36.6 Å². The largest absolute Gasteiger partial charge is 0.493 e. The molecule has 1 aromatic rings. The Labute approximate surface area is 113 Å². The molecular weight excluding hydrogens is 246 g/mol. The molecule has 1 heterocycles. The Morgan fingerprint density at radius 1 is 1.16 bits per heavy atom. The predicted octanol–water partition coefficient (Wildman–Crippen LogP) is 2.22. The normalized spacial score (nSPS) is 17.7. The Hall–Kier alpha value is -1.91. The number of carbonyl (C=O) groups excluding carboxylic acids is 1. The van der Waals surface area contributed by atoms with Gasteiger partial charge in [0.25, 0.3) is 0 Å². The smallest absolute Gasteiger partial charge is 0.410 e. The minimum absolute atomic E-state index is 0.109. The molecule has 1 aromatic carbocycles. The Morgan fingerprint density at radius 3 is 2.26 bits per heavy atom. The summed E-state index contributed by atoms with van der Waals surface area (Å²) < 4.78 is 15.4. The topological polar surface area (TPSA) is 48.0 Å². The van der Waals surface area contributed by atoms with Gasteiger partial charge in [-0.1, -0.05) is 0 Å². The number of hydrogen-bond donors (Lipinski definition) is 0. The van der Waals surface area contributed by atoms with Crippen LogP contribution in [0.1, 0.15) is 18.1 Å². The third-order valence-corrected chi connectivity index (χ3v) is 3.50. The fraction of sp³-hybridized carbons (Fsp3) is 0.500. The molecule has 1 unspecified atom stereocenters. The molecule has 0 radical (unpaired) electrons. The molecule has 19 heavy (non-hydrogen) atoms. The first-order valence-electron chi connectivity index (χ1n) is 6.19. The highest BCUT2D eigenvalue weighted by Gasteiger charge is 2.28. The van der Waals surface area contributed by atoms with Crippen LogP contribution in [-0.2, 0) is 17.7 Å². The van der Waals surface area contributed by atoms with Gasteiger partial charge in [0.2, 0.25) is 0 Å². The van der Waals surface area contributed by atoms with E-state index in [0.29, 0.717) is 12.3 Å². The van der Waals surface area contributed by atoms with Gasteiger partial charge in [0.1, 0.15) is 0 Å². The minimum Gasteiger partial charge on any atom is -0.493 e. The lowest BCUT2D eigenvalue weighted by atomic mass is 9.94. The van der Waals surface area contributed by atoms with Crippen molar-refractivity contribution in [2.75, 3.05) is 21.3 Å². The molecule has 0 bridgehead atoms. The maximum atomic E-state index is 11.7. The average molecular weight is 265 g/mol. The van der Waals surface area contributed by atoms with Crippen LogP contribution in [0.15, 0.2) is 12.1 Å². The summed E-state index contributed by atoms with van der Waals surface area (Å²) in [7, 11) is 4.63. The molecule has 1 aliphatic heterocycles. The van der Waals surface area contributed by atoms with E-state index in [4.69, 9.17) is 14.2 Å². The van der Waals surface area contributed by atoms with Gasteiger partial charge in [-0.15, -0.1) is 0 Å². The van der Waals surface area contributed by atoms with Crippen molar-refractivity contribution < 1.29 is 19.0 Å². The molecule has 1 atom stereocenters. The van der Waals surface area contributed by atoms with Crippen molar-refractivity contribution in [2.24, 2.45) is 0 Å². The summed E-state index contributed by atoms with van der Waals surface area (Å²) in [5.41, 5.74) is 2.26. The van der Waals surface area contributed by atoms with Crippen molar-refractivity contribution in [3.8, 4) is 11.5 Å². The SMILES string of the molecule is COC(=O)N1Cc2cc(OC)c(OC)cc2CC1C. The molecule has 0 N–H and O–H groups in total. The van der Waals surface area contributed by atoms with Gasteiger partial charge in [-0.25, -0.2) is 4.79 Å². The Morgan fingerprint density at radius 2 is 1.74 bits per heavy atom. The summed E-state index contributed by atoms with van der Waals surface area (Å²) in [6, 6.07) is 4.02. The lowest BCUT2D eigenvalue weighted by molar-refractivity contribution is 0.100. The maximum Gasteiger partial charge on any atom is 0.410 e. The number of carbonyl (C=O) groups is 1. The molecule has 0 fully saturated rings. The fourth-order valence-corrected chi connectivity index (χ4v) is 2.43. The van der Waals surface area contributed by atoms with Crippen LogP contribution in [-0.4, -0.2) is 38.4 Å². The predicted molar refractivity (Wildman–Crippen MR) is 70.7 cm³/mol. The summed E-state index contributed by atoms with van der Waals surface area (Å²) in [5.74, 6) is 1.40. The van der Waals surface area contributed by atoms with E-state index in [9.17, 15) is 4.79 Å². The van der Waals surface area contributed by atoms with E-state index < -0.39 is 0 Å². The fourth-order valence-electron chi connectivity index (χ4n) is 2.43. The van der Waals surface area contributed by atoms with Gasteiger partial charge in [0.15, 0.2) is 11.5 Å². The number of methoxy groups -OCH3 is 3. The summed E-state index contributed by atoms with van der Waals surface area (Å²) in [4.78, 5) is 13.4. The summed E-state index contributed by atoms with van der Waals surface area (Å²) >= 11 is 0. The summed E-state index contributed by atoms with van der Waals surface area (Å²) in [5, 5.41) is 0. The maximum absolute atomic E-state index is 11.7. The lowest BCUT2D eigenvalue weighted by Crippen LogP contribution is -2.42. The second kappa shape index (κ2) is 5.38. The van der Waals surface area contributed by atoms with E-state index in [1.165, 1.54) is 12.7 Å². The number of nitrogens with zero attached hydrogens (tertiary/aromatic N) is 1. The molecule has 0 saturated heterocycles. The molecule has 104 valence electrons. The lowest BCUT2D eigenvalue weighted by Gasteiger charge is -2.34. The van der Waals surface area contributed by atoms with Crippen LogP contribution in [0.2, 0.25) is 0 Å². The van der Waals surface area contributed by atoms with E-state index in [0.717, 1.165) is 17.7 Å². The number of amides is 1. The Bertz CT molecular complexity index is 487. The van der Waals surface area contributed by atoms with Gasteiger partial charge < -0.3 is 19.1 Å². The molecule has 1 amide bonds. The number of hydrogen-bond acceptors (Lipinski definition) is 4. The van der Waals surface area contributed by atoms with Gasteiger partial charge in [-0.2, -0.15) is 0 Å². The molecule has 2 rings (SSSR count). The summed E-state index contributed by atoms with van der Waals surface area (Å²) in [6.07, 6.45) is 0.484. The highest BCUT2D eigenvalue weighted by atomic mass is 16.5. The van der Waals surface area contributed by atoms with Crippen molar-refractivity contribution in [2.45, 2.75) is 25.9 Å². The standard InChI is InChI=1S/C14H19NO4/c1-9-5-10-6-12(17-2)13(18-3)7-11(10)8-15(9)14(16)19-4/h6-7,9H,5,8H2,1-4H3. The molecule has 0 aromatic heterocycles. The van der Waals surface area contributed by atoms with Crippen molar-refractivity contribution in [3.05, 3.63) is 23.3 Å². The molecule has 0 spiro atoms. The zero-order chi connectivity index (χ0) is 14.0. The van der Waals surface area contributed by atoms with Crippen LogP contribution in [0, 0.1) is 0 Å². The van der Waals surface area contributed by atoms with E-state index in [-0.39, 0.29) is 12.1 Å².